The normalized spacial score (nSPS) is 18.9. The lowest BCUT2D eigenvalue weighted by Gasteiger charge is -2.25. The third kappa shape index (κ3) is 4.36. The zero-order valence-electron chi connectivity index (χ0n) is 14.8. The molecule has 134 valence electrons. The summed E-state index contributed by atoms with van der Waals surface area (Å²) in [7, 11) is 1.65. The number of ether oxygens (including phenoxy) is 1. The van der Waals surface area contributed by atoms with Gasteiger partial charge < -0.3 is 10.1 Å². The van der Waals surface area contributed by atoms with Crippen molar-refractivity contribution >= 4 is 5.91 Å². The van der Waals surface area contributed by atoms with Crippen LogP contribution in [0.5, 0.6) is 5.75 Å². The first kappa shape index (κ1) is 17.4. The standard InChI is InChI=1S/C18H25N5O2/c1-14(16-7-3-4-8-17(16)25-2)21-18(24)11-22-9-5-6-15(22)10-23-13-19-12-20-23/h3-4,7-8,12-15H,5-6,9-11H2,1-2H3,(H,21,24). The number of rotatable bonds is 7. The van der Waals surface area contributed by atoms with Gasteiger partial charge in [-0.05, 0) is 32.4 Å². The molecule has 1 aliphatic heterocycles. The van der Waals surface area contributed by atoms with Gasteiger partial charge in [-0.1, -0.05) is 18.2 Å². The third-order valence-electron chi connectivity index (χ3n) is 4.69. The lowest BCUT2D eigenvalue weighted by Crippen LogP contribution is -2.42. The maximum atomic E-state index is 12.5. The van der Waals surface area contributed by atoms with Crippen LogP contribution < -0.4 is 10.1 Å². The molecule has 0 spiro atoms. The molecule has 7 nitrogen and oxygen atoms in total. The van der Waals surface area contributed by atoms with Crippen LogP contribution in [0.3, 0.4) is 0 Å². The summed E-state index contributed by atoms with van der Waals surface area (Å²) in [4.78, 5) is 18.7. The minimum absolute atomic E-state index is 0.0314. The highest BCUT2D eigenvalue weighted by atomic mass is 16.5. The fraction of sp³-hybridized carbons (Fsp3) is 0.500. The molecule has 7 heteroatoms. The molecule has 2 heterocycles. The minimum Gasteiger partial charge on any atom is -0.496 e. The van der Waals surface area contributed by atoms with E-state index in [1.165, 1.54) is 0 Å². The molecule has 3 rings (SSSR count). The second kappa shape index (κ2) is 8.11. The molecule has 0 saturated carbocycles. The highest BCUT2D eigenvalue weighted by molar-refractivity contribution is 5.78. The van der Waals surface area contributed by atoms with E-state index in [-0.39, 0.29) is 11.9 Å². The Kier molecular flexibility index (Phi) is 5.65. The van der Waals surface area contributed by atoms with Crippen LogP contribution in [0.25, 0.3) is 0 Å². The van der Waals surface area contributed by atoms with E-state index in [0.29, 0.717) is 12.6 Å². The first-order chi connectivity index (χ1) is 12.2. The molecule has 1 aromatic heterocycles. The largest absolute Gasteiger partial charge is 0.496 e. The molecule has 1 amide bonds. The summed E-state index contributed by atoms with van der Waals surface area (Å²) < 4.78 is 7.21. The number of nitrogens with zero attached hydrogens (tertiary/aromatic N) is 4. The molecule has 1 aromatic carbocycles. The lowest BCUT2D eigenvalue weighted by atomic mass is 10.1. The van der Waals surface area contributed by atoms with Gasteiger partial charge in [0.25, 0.3) is 0 Å². The van der Waals surface area contributed by atoms with Gasteiger partial charge in [0.15, 0.2) is 0 Å². The van der Waals surface area contributed by atoms with E-state index in [1.807, 2.05) is 35.9 Å². The molecular weight excluding hydrogens is 318 g/mol. The van der Waals surface area contributed by atoms with Gasteiger partial charge in [-0.3, -0.25) is 14.4 Å². The van der Waals surface area contributed by atoms with Gasteiger partial charge >= 0.3 is 0 Å². The predicted octanol–water partition coefficient (Wildman–Crippen LogP) is 1.63. The van der Waals surface area contributed by atoms with E-state index in [0.717, 1.165) is 37.2 Å². The molecule has 2 unspecified atom stereocenters. The maximum absolute atomic E-state index is 12.5. The van der Waals surface area contributed by atoms with Gasteiger partial charge in [-0.2, -0.15) is 5.10 Å². The Labute approximate surface area is 148 Å². The SMILES string of the molecule is COc1ccccc1C(C)NC(=O)CN1CCCC1Cn1cncn1. The summed E-state index contributed by atoms with van der Waals surface area (Å²) in [6, 6.07) is 8.00. The van der Waals surface area contributed by atoms with Gasteiger partial charge in [0, 0.05) is 11.6 Å². The Balaban J connectivity index is 1.56. The fourth-order valence-corrected chi connectivity index (χ4v) is 3.43. The number of hydrogen-bond donors (Lipinski definition) is 1. The third-order valence-corrected chi connectivity index (χ3v) is 4.69. The summed E-state index contributed by atoms with van der Waals surface area (Å²) in [6.45, 7) is 4.09. The van der Waals surface area contributed by atoms with Gasteiger partial charge in [-0.15, -0.1) is 0 Å². The first-order valence-electron chi connectivity index (χ1n) is 8.66. The fourth-order valence-electron chi connectivity index (χ4n) is 3.43. The second-order valence-electron chi connectivity index (χ2n) is 6.42. The number of carbonyl (C=O) groups excluding carboxylic acids is 1. The van der Waals surface area contributed by atoms with Crippen LogP contribution in [0.2, 0.25) is 0 Å². The number of nitrogens with one attached hydrogen (secondary N) is 1. The van der Waals surface area contributed by atoms with Crippen molar-refractivity contribution in [3.8, 4) is 5.75 Å². The van der Waals surface area contributed by atoms with E-state index >= 15 is 0 Å². The monoisotopic (exact) mass is 343 g/mol. The van der Waals surface area contributed by atoms with Crippen molar-refractivity contribution in [3.05, 3.63) is 42.5 Å². The Morgan fingerprint density at radius 3 is 3.04 bits per heavy atom. The molecular formula is C18H25N5O2. The van der Waals surface area contributed by atoms with Gasteiger partial charge in [0.2, 0.25) is 5.91 Å². The lowest BCUT2D eigenvalue weighted by molar-refractivity contribution is -0.123. The Hall–Kier alpha value is -2.41. The van der Waals surface area contributed by atoms with Crippen LogP contribution in [-0.2, 0) is 11.3 Å². The van der Waals surface area contributed by atoms with Gasteiger partial charge in [-0.25, -0.2) is 4.98 Å². The molecule has 1 N–H and O–H groups in total. The molecule has 25 heavy (non-hydrogen) atoms. The molecule has 0 aliphatic carbocycles. The van der Waals surface area contributed by atoms with Crippen LogP contribution in [0.15, 0.2) is 36.9 Å². The highest BCUT2D eigenvalue weighted by Crippen LogP contribution is 2.24. The van der Waals surface area contributed by atoms with Crippen molar-refractivity contribution in [2.75, 3.05) is 20.2 Å². The number of amides is 1. The Morgan fingerprint density at radius 1 is 1.44 bits per heavy atom. The van der Waals surface area contributed by atoms with Crippen molar-refractivity contribution in [1.82, 2.24) is 25.0 Å². The number of benzene rings is 1. The molecule has 2 atom stereocenters. The molecule has 1 aliphatic rings. The summed E-state index contributed by atoms with van der Waals surface area (Å²) in [5.41, 5.74) is 0.985. The van der Waals surface area contributed by atoms with Crippen molar-refractivity contribution in [2.45, 2.75) is 38.4 Å². The van der Waals surface area contributed by atoms with Crippen molar-refractivity contribution in [2.24, 2.45) is 0 Å². The van der Waals surface area contributed by atoms with Gasteiger partial charge in [0.05, 0.1) is 26.2 Å². The average molecular weight is 343 g/mol. The molecule has 0 radical (unpaired) electrons. The van der Waals surface area contributed by atoms with Crippen LogP contribution in [0.4, 0.5) is 0 Å². The summed E-state index contributed by atoms with van der Waals surface area (Å²) in [5.74, 6) is 0.824. The van der Waals surface area contributed by atoms with Crippen molar-refractivity contribution in [3.63, 3.8) is 0 Å². The van der Waals surface area contributed by atoms with Crippen LogP contribution >= 0.6 is 0 Å². The molecule has 1 saturated heterocycles. The minimum atomic E-state index is -0.0972. The topological polar surface area (TPSA) is 72.3 Å². The Morgan fingerprint density at radius 2 is 2.28 bits per heavy atom. The van der Waals surface area contributed by atoms with Gasteiger partial charge in [0.1, 0.15) is 18.4 Å². The van der Waals surface area contributed by atoms with E-state index in [4.69, 9.17) is 4.74 Å². The summed E-state index contributed by atoms with van der Waals surface area (Å²) >= 11 is 0. The van der Waals surface area contributed by atoms with Crippen LogP contribution in [0.1, 0.15) is 31.4 Å². The maximum Gasteiger partial charge on any atom is 0.234 e. The number of carbonyl (C=O) groups is 1. The molecule has 2 aromatic rings. The van der Waals surface area contributed by atoms with Crippen LogP contribution in [0, 0.1) is 0 Å². The summed E-state index contributed by atoms with van der Waals surface area (Å²) in [5, 5.41) is 7.25. The number of likely N-dealkylation sites (tertiary alicyclic amines) is 1. The second-order valence-corrected chi connectivity index (χ2v) is 6.42. The quantitative estimate of drug-likeness (QED) is 0.827. The molecule has 0 bridgehead atoms. The predicted molar refractivity (Wildman–Crippen MR) is 94.2 cm³/mol. The Bertz CT molecular complexity index is 689. The van der Waals surface area contributed by atoms with E-state index < -0.39 is 0 Å². The van der Waals surface area contributed by atoms with Crippen LogP contribution in [-0.4, -0.2) is 51.8 Å². The van der Waals surface area contributed by atoms with E-state index in [1.54, 1.807) is 19.8 Å². The number of hydrogen-bond acceptors (Lipinski definition) is 5. The molecule has 1 fully saturated rings. The highest BCUT2D eigenvalue weighted by Gasteiger charge is 2.27. The van der Waals surface area contributed by atoms with E-state index in [2.05, 4.69) is 20.3 Å². The number of aromatic nitrogens is 3. The average Bonchev–Trinajstić information content (AvgIpc) is 3.27. The van der Waals surface area contributed by atoms with Crippen molar-refractivity contribution < 1.29 is 9.53 Å². The number of methoxy groups -OCH3 is 1. The smallest absolute Gasteiger partial charge is 0.234 e. The van der Waals surface area contributed by atoms with Crippen molar-refractivity contribution in [1.29, 1.82) is 0 Å². The zero-order chi connectivity index (χ0) is 17.6. The summed E-state index contributed by atoms with van der Waals surface area (Å²) in [6.07, 6.45) is 5.45. The first-order valence-corrected chi connectivity index (χ1v) is 8.66. The number of para-hydroxylation sites is 1. The zero-order valence-corrected chi connectivity index (χ0v) is 14.8. The van der Waals surface area contributed by atoms with E-state index in [9.17, 15) is 4.79 Å².